The van der Waals surface area contributed by atoms with E-state index in [0.29, 0.717) is 6.54 Å². The molecule has 0 fully saturated rings. The number of fused-ring (bicyclic) bond motifs is 1. The van der Waals surface area contributed by atoms with E-state index in [4.69, 9.17) is 0 Å². The number of aryl methyl sites for hydroxylation is 1. The molecule has 1 aliphatic heterocycles. The molecule has 2 rings (SSSR count). The lowest BCUT2D eigenvalue weighted by Crippen LogP contribution is -2.22. The molecule has 1 aromatic rings. The molecule has 0 radical (unpaired) electrons. The fraction of sp³-hybridized carbons (Fsp3) is 0.417. The second-order valence-corrected chi connectivity index (χ2v) is 3.96. The number of benzene rings is 1. The first-order chi connectivity index (χ1) is 7.22. The maximum absolute atomic E-state index is 11.7. The normalized spacial score (nSPS) is 19.9. The van der Waals surface area contributed by atoms with Crippen LogP contribution in [-0.4, -0.2) is 12.5 Å². The number of nitrogens with one attached hydrogen (secondary N) is 2. The number of anilines is 2. The second kappa shape index (κ2) is 3.93. The number of carbonyl (C=O) groups is 1. The predicted octanol–water partition coefficient (Wildman–Crippen LogP) is 2.25. The fourth-order valence-electron chi connectivity index (χ4n) is 1.79. The van der Waals surface area contributed by atoms with Gasteiger partial charge in [0.05, 0.1) is 17.3 Å². The summed E-state index contributed by atoms with van der Waals surface area (Å²) in [5, 5.41) is 6.29. The van der Waals surface area contributed by atoms with E-state index in [1.54, 1.807) is 0 Å². The summed E-state index contributed by atoms with van der Waals surface area (Å²) in [4.78, 5) is 11.7. The standard InChI is InChI=1S/C12H16N2O/c1-3-9-5-4-6-10-11(9)14-12(15)8(2)7-13-10/h4-6,8,13H,3,7H2,1-2H3,(H,14,15). The van der Waals surface area contributed by atoms with Crippen LogP contribution in [0.15, 0.2) is 18.2 Å². The van der Waals surface area contributed by atoms with E-state index in [1.165, 1.54) is 5.56 Å². The molecular weight excluding hydrogens is 188 g/mol. The number of hydrogen-bond donors (Lipinski definition) is 2. The maximum atomic E-state index is 11.7. The van der Waals surface area contributed by atoms with Crippen molar-refractivity contribution in [3.05, 3.63) is 23.8 Å². The smallest absolute Gasteiger partial charge is 0.229 e. The van der Waals surface area contributed by atoms with E-state index in [1.807, 2.05) is 19.1 Å². The third kappa shape index (κ3) is 1.82. The zero-order valence-electron chi connectivity index (χ0n) is 9.13. The Bertz CT molecular complexity index is 387. The van der Waals surface area contributed by atoms with Crippen molar-refractivity contribution in [2.24, 2.45) is 5.92 Å². The number of carbonyl (C=O) groups excluding carboxylic acids is 1. The summed E-state index contributed by atoms with van der Waals surface area (Å²) in [6.45, 7) is 4.72. The van der Waals surface area contributed by atoms with Crippen LogP contribution in [0.4, 0.5) is 11.4 Å². The van der Waals surface area contributed by atoms with E-state index in [0.717, 1.165) is 17.8 Å². The number of amides is 1. The molecule has 0 spiro atoms. The Labute approximate surface area is 89.9 Å². The molecule has 1 aliphatic rings. The van der Waals surface area contributed by atoms with Gasteiger partial charge < -0.3 is 10.6 Å². The van der Waals surface area contributed by atoms with E-state index >= 15 is 0 Å². The SMILES string of the molecule is CCc1cccc2c1NC(=O)C(C)CN2. The van der Waals surface area contributed by atoms with Gasteiger partial charge in [-0.25, -0.2) is 0 Å². The molecular formula is C12H16N2O. The maximum Gasteiger partial charge on any atom is 0.229 e. The highest BCUT2D eigenvalue weighted by Gasteiger charge is 2.20. The van der Waals surface area contributed by atoms with Crippen molar-refractivity contribution in [1.82, 2.24) is 0 Å². The Morgan fingerprint density at radius 3 is 3.00 bits per heavy atom. The van der Waals surface area contributed by atoms with Crippen molar-refractivity contribution < 1.29 is 4.79 Å². The van der Waals surface area contributed by atoms with Crippen LogP contribution in [-0.2, 0) is 11.2 Å². The number of rotatable bonds is 1. The van der Waals surface area contributed by atoms with Crippen molar-refractivity contribution in [1.29, 1.82) is 0 Å². The lowest BCUT2D eigenvalue weighted by Gasteiger charge is -2.11. The van der Waals surface area contributed by atoms with Crippen LogP contribution < -0.4 is 10.6 Å². The van der Waals surface area contributed by atoms with Gasteiger partial charge in [-0.2, -0.15) is 0 Å². The fourth-order valence-corrected chi connectivity index (χ4v) is 1.79. The molecule has 1 aromatic carbocycles. The van der Waals surface area contributed by atoms with Crippen molar-refractivity contribution in [3.63, 3.8) is 0 Å². The molecule has 15 heavy (non-hydrogen) atoms. The summed E-state index contributed by atoms with van der Waals surface area (Å²) in [6.07, 6.45) is 0.930. The first-order valence-electron chi connectivity index (χ1n) is 5.39. The van der Waals surface area contributed by atoms with Gasteiger partial charge in [-0.1, -0.05) is 26.0 Å². The predicted molar refractivity (Wildman–Crippen MR) is 62.1 cm³/mol. The van der Waals surface area contributed by atoms with Crippen LogP contribution in [0.5, 0.6) is 0 Å². The Kier molecular flexibility index (Phi) is 2.62. The van der Waals surface area contributed by atoms with Crippen LogP contribution in [0, 0.1) is 5.92 Å². The highest BCUT2D eigenvalue weighted by molar-refractivity contribution is 5.98. The largest absolute Gasteiger partial charge is 0.383 e. The minimum atomic E-state index is 0.0158. The molecule has 1 atom stereocenters. The third-order valence-corrected chi connectivity index (χ3v) is 2.83. The third-order valence-electron chi connectivity index (χ3n) is 2.83. The lowest BCUT2D eigenvalue weighted by molar-refractivity contribution is -0.118. The minimum Gasteiger partial charge on any atom is -0.383 e. The Hall–Kier alpha value is -1.51. The number of para-hydroxylation sites is 1. The number of hydrogen-bond acceptors (Lipinski definition) is 2. The Morgan fingerprint density at radius 1 is 1.47 bits per heavy atom. The van der Waals surface area contributed by atoms with Gasteiger partial charge >= 0.3 is 0 Å². The first-order valence-corrected chi connectivity index (χ1v) is 5.39. The zero-order valence-corrected chi connectivity index (χ0v) is 9.13. The lowest BCUT2D eigenvalue weighted by atomic mass is 10.1. The van der Waals surface area contributed by atoms with Crippen molar-refractivity contribution >= 4 is 17.3 Å². The van der Waals surface area contributed by atoms with Gasteiger partial charge in [0, 0.05) is 6.54 Å². The molecule has 3 heteroatoms. The van der Waals surface area contributed by atoms with Gasteiger partial charge in [0.15, 0.2) is 0 Å². The molecule has 3 nitrogen and oxygen atoms in total. The molecule has 0 saturated carbocycles. The first kappa shape index (κ1) is 10.0. The summed E-state index contributed by atoms with van der Waals surface area (Å²) in [5.41, 5.74) is 3.17. The van der Waals surface area contributed by atoms with E-state index in [-0.39, 0.29) is 11.8 Å². The van der Waals surface area contributed by atoms with E-state index < -0.39 is 0 Å². The van der Waals surface area contributed by atoms with Gasteiger partial charge in [0.25, 0.3) is 0 Å². The zero-order chi connectivity index (χ0) is 10.8. The van der Waals surface area contributed by atoms with Crippen LogP contribution in [0.1, 0.15) is 19.4 Å². The van der Waals surface area contributed by atoms with E-state index in [9.17, 15) is 4.79 Å². The van der Waals surface area contributed by atoms with Crippen LogP contribution in [0.3, 0.4) is 0 Å². The molecule has 1 amide bonds. The topological polar surface area (TPSA) is 41.1 Å². The molecule has 0 aromatic heterocycles. The molecule has 0 bridgehead atoms. The molecule has 0 aliphatic carbocycles. The quantitative estimate of drug-likeness (QED) is 0.736. The van der Waals surface area contributed by atoms with Crippen molar-refractivity contribution in [2.75, 3.05) is 17.2 Å². The average Bonchev–Trinajstić information content (AvgIpc) is 2.39. The van der Waals surface area contributed by atoms with Crippen molar-refractivity contribution in [3.8, 4) is 0 Å². The minimum absolute atomic E-state index is 0.0158. The molecule has 80 valence electrons. The highest BCUT2D eigenvalue weighted by atomic mass is 16.1. The summed E-state index contributed by atoms with van der Waals surface area (Å²) in [7, 11) is 0. The van der Waals surface area contributed by atoms with Gasteiger partial charge in [-0.05, 0) is 18.1 Å². The summed E-state index contributed by atoms with van der Waals surface area (Å²) in [6, 6.07) is 6.08. The monoisotopic (exact) mass is 204 g/mol. The molecule has 1 heterocycles. The van der Waals surface area contributed by atoms with Gasteiger partial charge in [-0.3, -0.25) is 4.79 Å². The second-order valence-electron chi connectivity index (χ2n) is 3.96. The van der Waals surface area contributed by atoms with Crippen LogP contribution >= 0.6 is 0 Å². The molecule has 2 N–H and O–H groups in total. The van der Waals surface area contributed by atoms with Gasteiger partial charge in [0.1, 0.15) is 0 Å². The van der Waals surface area contributed by atoms with Crippen LogP contribution in [0.2, 0.25) is 0 Å². The summed E-state index contributed by atoms with van der Waals surface area (Å²) in [5.74, 6) is 0.115. The summed E-state index contributed by atoms with van der Waals surface area (Å²) >= 11 is 0. The highest BCUT2D eigenvalue weighted by Crippen LogP contribution is 2.29. The Morgan fingerprint density at radius 2 is 2.27 bits per heavy atom. The van der Waals surface area contributed by atoms with Gasteiger partial charge in [0.2, 0.25) is 5.91 Å². The van der Waals surface area contributed by atoms with Gasteiger partial charge in [-0.15, -0.1) is 0 Å². The van der Waals surface area contributed by atoms with Crippen molar-refractivity contribution in [2.45, 2.75) is 20.3 Å². The van der Waals surface area contributed by atoms with Crippen LogP contribution in [0.25, 0.3) is 0 Å². The van der Waals surface area contributed by atoms with E-state index in [2.05, 4.69) is 23.6 Å². The summed E-state index contributed by atoms with van der Waals surface area (Å²) < 4.78 is 0. The average molecular weight is 204 g/mol. The Balaban J connectivity index is 2.43. The molecule has 1 unspecified atom stereocenters. The molecule has 0 saturated heterocycles.